The van der Waals surface area contributed by atoms with Gasteiger partial charge in [-0.1, -0.05) is 13.8 Å². The molecule has 1 aliphatic heterocycles. The van der Waals surface area contributed by atoms with Crippen molar-refractivity contribution in [1.82, 2.24) is 9.80 Å². The Morgan fingerprint density at radius 2 is 1.27 bits per heavy atom. The van der Waals surface area contributed by atoms with Gasteiger partial charge in [0.25, 0.3) is 0 Å². The SMILES string of the molecule is CC.CC(C)N1CCN(C(C)(C)C)CC1. The van der Waals surface area contributed by atoms with Gasteiger partial charge in [-0.3, -0.25) is 9.80 Å². The summed E-state index contributed by atoms with van der Waals surface area (Å²) in [6.07, 6.45) is 0. The van der Waals surface area contributed by atoms with Gasteiger partial charge < -0.3 is 0 Å². The fourth-order valence-corrected chi connectivity index (χ4v) is 1.91. The van der Waals surface area contributed by atoms with Crippen molar-refractivity contribution < 1.29 is 0 Å². The van der Waals surface area contributed by atoms with Gasteiger partial charge >= 0.3 is 0 Å². The van der Waals surface area contributed by atoms with Crippen LogP contribution in [-0.2, 0) is 0 Å². The number of rotatable bonds is 1. The summed E-state index contributed by atoms with van der Waals surface area (Å²) in [6, 6.07) is 0.710. The first kappa shape index (κ1) is 14.9. The lowest BCUT2D eigenvalue weighted by Crippen LogP contribution is -2.54. The van der Waals surface area contributed by atoms with Crippen LogP contribution in [0.1, 0.15) is 48.5 Å². The maximum absolute atomic E-state index is 2.58. The predicted octanol–water partition coefficient (Wildman–Crippen LogP) is 2.84. The van der Waals surface area contributed by atoms with Crippen LogP contribution in [0.5, 0.6) is 0 Å². The molecule has 1 rings (SSSR count). The molecule has 15 heavy (non-hydrogen) atoms. The van der Waals surface area contributed by atoms with Gasteiger partial charge in [0, 0.05) is 37.8 Å². The van der Waals surface area contributed by atoms with E-state index in [9.17, 15) is 0 Å². The molecule has 0 unspecified atom stereocenters. The second-order valence-electron chi connectivity index (χ2n) is 5.29. The van der Waals surface area contributed by atoms with Crippen molar-refractivity contribution in [3.8, 4) is 0 Å². The van der Waals surface area contributed by atoms with Crippen molar-refractivity contribution in [2.45, 2.75) is 60.0 Å². The van der Waals surface area contributed by atoms with E-state index < -0.39 is 0 Å². The van der Waals surface area contributed by atoms with Gasteiger partial charge in [0.15, 0.2) is 0 Å². The summed E-state index contributed by atoms with van der Waals surface area (Å²) in [5.74, 6) is 0. The van der Waals surface area contributed by atoms with Gasteiger partial charge in [0.2, 0.25) is 0 Å². The van der Waals surface area contributed by atoms with Crippen molar-refractivity contribution in [3.63, 3.8) is 0 Å². The minimum absolute atomic E-state index is 0.350. The molecule has 0 spiro atoms. The Balaban J connectivity index is 0.000000921. The van der Waals surface area contributed by atoms with Crippen LogP contribution in [0, 0.1) is 0 Å². The molecule has 0 amide bonds. The van der Waals surface area contributed by atoms with Gasteiger partial charge in [-0.05, 0) is 34.6 Å². The van der Waals surface area contributed by atoms with E-state index in [4.69, 9.17) is 0 Å². The largest absolute Gasteiger partial charge is 0.298 e. The summed E-state index contributed by atoms with van der Waals surface area (Å²) in [5, 5.41) is 0. The molecule has 2 nitrogen and oxygen atoms in total. The van der Waals surface area contributed by atoms with E-state index in [2.05, 4.69) is 44.4 Å². The number of hydrogen-bond acceptors (Lipinski definition) is 2. The first-order valence-corrected chi connectivity index (χ1v) is 6.40. The molecule has 0 aromatic heterocycles. The van der Waals surface area contributed by atoms with E-state index in [0.29, 0.717) is 11.6 Å². The normalized spacial score (nSPS) is 20.0. The molecule has 2 heteroatoms. The van der Waals surface area contributed by atoms with Crippen LogP contribution in [0.2, 0.25) is 0 Å². The Labute approximate surface area is 96.6 Å². The molecule has 1 saturated heterocycles. The molecule has 0 aliphatic carbocycles. The summed E-state index contributed by atoms with van der Waals surface area (Å²) < 4.78 is 0. The quantitative estimate of drug-likeness (QED) is 0.662. The van der Waals surface area contributed by atoms with E-state index in [1.54, 1.807) is 0 Å². The Hall–Kier alpha value is -0.0800. The molecule has 0 N–H and O–H groups in total. The van der Waals surface area contributed by atoms with E-state index in [-0.39, 0.29) is 0 Å². The zero-order valence-corrected chi connectivity index (χ0v) is 11.8. The van der Waals surface area contributed by atoms with Crippen LogP contribution in [0.25, 0.3) is 0 Å². The number of nitrogens with zero attached hydrogens (tertiary/aromatic N) is 2. The highest BCUT2D eigenvalue weighted by Gasteiger charge is 2.26. The maximum atomic E-state index is 2.58. The third kappa shape index (κ3) is 4.98. The van der Waals surface area contributed by atoms with Crippen molar-refractivity contribution in [2.75, 3.05) is 26.2 Å². The Kier molecular flexibility index (Phi) is 6.46. The zero-order valence-electron chi connectivity index (χ0n) is 11.8. The predicted molar refractivity (Wildman–Crippen MR) is 69.4 cm³/mol. The Morgan fingerprint density at radius 1 is 0.867 bits per heavy atom. The van der Waals surface area contributed by atoms with Crippen LogP contribution in [0.3, 0.4) is 0 Å². The van der Waals surface area contributed by atoms with Crippen LogP contribution in [-0.4, -0.2) is 47.6 Å². The fraction of sp³-hybridized carbons (Fsp3) is 1.00. The highest BCUT2D eigenvalue weighted by Crippen LogP contribution is 2.16. The lowest BCUT2D eigenvalue weighted by Gasteiger charge is -2.43. The molecular formula is C13H30N2. The maximum Gasteiger partial charge on any atom is 0.0126 e. The molecular weight excluding hydrogens is 184 g/mol. The van der Waals surface area contributed by atoms with Crippen LogP contribution < -0.4 is 0 Å². The summed E-state index contributed by atoms with van der Waals surface area (Å²) in [6.45, 7) is 20.4. The minimum atomic E-state index is 0.350. The molecule has 92 valence electrons. The Morgan fingerprint density at radius 3 is 1.53 bits per heavy atom. The lowest BCUT2D eigenvalue weighted by atomic mass is 10.0. The average Bonchev–Trinajstić information content (AvgIpc) is 2.20. The Bertz CT molecular complexity index is 150. The van der Waals surface area contributed by atoms with E-state index >= 15 is 0 Å². The van der Waals surface area contributed by atoms with Crippen LogP contribution >= 0.6 is 0 Å². The van der Waals surface area contributed by atoms with Crippen LogP contribution in [0.4, 0.5) is 0 Å². The topological polar surface area (TPSA) is 6.48 Å². The summed E-state index contributed by atoms with van der Waals surface area (Å²) in [5.41, 5.74) is 0.350. The monoisotopic (exact) mass is 214 g/mol. The molecule has 1 heterocycles. The molecule has 1 aliphatic rings. The van der Waals surface area contributed by atoms with Gasteiger partial charge in [0.05, 0.1) is 0 Å². The van der Waals surface area contributed by atoms with Gasteiger partial charge in [0.1, 0.15) is 0 Å². The highest BCUT2D eigenvalue weighted by molar-refractivity contribution is 4.82. The highest BCUT2D eigenvalue weighted by atomic mass is 15.3. The first-order valence-electron chi connectivity index (χ1n) is 6.40. The van der Waals surface area contributed by atoms with Crippen molar-refractivity contribution in [2.24, 2.45) is 0 Å². The number of hydrogen-bond donors (Lipinski definition) is 0. The van der Waals surface area contributed by atoms with Gasteiger partial charge in [-0.15, -0.1) is 0 Å². The van der Waals surface area contributed by atoms with Gasteiger partial charge in [-0.2, -0.15) is 0 Å². The first-order chi connectivity index (χ1) is 6.91. The van der Waals surface area contributed by atoms with Crippen molar-refractivity contribution in [1.29, 1.82) is 0 Å². The van der Waals surface area contributed by atoms with E-state index in [1.165, 1.54) is 26.2 Å². The van der Waals surface area contributed by atoms with Crippen LogP contribution in [0.15, 0.2) is 0 Å². The molecule has 0 aromatic carbocycles. The minimum Gasteiger partial charge on any atom is -0.298 e. The fourth-order valence-electron chi connectivity index (χ4n) is 1.91. The third-order valence-electron chi connectivity index (χ3n) is 2.99. The molecule has 1 fully saturated rings. The summed E-state index contributed by atoms with van der Waals surface area (Å²) in [7, 11) is 0. The lowest BCUT2D eigenvalue weighted by molar-refractivity contribution is 0.0491. The zero-order chi connectivity index (χ0) is 12.1. The summed E-state index contributed by atoms with van der Waals surface area (Å²) >= 11 is 0. The standard InChI is InChI=1S/C11H24N2.C2H6/c1-10(2)12-6-8-13(9-7-12)11(3,4)5;1-2/h10H,6-9H2,1-5H3;1-2H3. The second kappa shape index (κ2) is 6.49. The third-order valence-corrected chi connectivity index (χ3v) is 2.99. The smallest absolute Gasteiger partial charge is 0.0126 e. The van der Waals surface area contributed by atoms with Crippen molar-refractivity contribution in [3.05, 3.63) is 0 Å². The van der Waals surface area contributed by atoms with Crippen molar-refractivity contribution >= 4 is 0 Å². The van der Waals surface area contributed by atoms with E-state index in [0.717, 1.165) is 0 Å². The van der Waals surface area contributed by atoms with E-state index in [1.807, 2.05) is 13.8 Å². The summed E-state index contributed by atoms with van der Waals surface area (Å²) in [4.78, 5) is 5.13. The molecule has 0 bridgehead atoms. The molecule has 0 saturated carbocycles. The number of piperazine rings is 1. The second-order valence-corrected chi connectivity index (χ2v) is 5.29. The van der Waals surface area contributed by atoms with Gasteiger partial charge in [-0.25, -0.2) is 0 Å². The molecule has 0 radical (unpaired) electrons. The average molecular weight is 214 g/mol. The molecule has 0 atom stereocenters. The molecule has 0 aromatic rings.